The van der Waals surface area contributed by atoms with Crippen LogP contribution >= 0.6 is 11.6 Å². The molecule has 0 aliphatic rings. The van der Waals surface area contributed by atoms with Gasteiger partial charge in [-0.05, 0) is 12.5 Å². The Morgan fingerprint density at radius 2 is 2.13 bits per heavy atom. The smallest absolute Gasteiger partial charge is 0.186 e. The van der Waals surface area contributed by atoms with Crippen LogP contribution in [0.25, 0.3) is 11.3 Å². The number of nitrogens with zero attached hydrogens (tertiary/aromatic N) is 1. The number of hydrogen-bond acceptors (Lipinski definition) is 3. The van der Waals surface area contributed by atoms with Crippen LogP contribution in [0.4, 0.5) is 0 Å². The van der Waals surface area contributed by atoms with Gasteiger partial charge in [-0.3, -0.25) is 4.79 Å². The van der Waals surface area contributed by atoms with E-state index in [0.29, 0.717) is 12.0 Å². The van der Waals surface area contributed by atoms with Crippen molar-refractivity contribution < 1.29 is 9.32 Å². The van der Waals surface area contributed by atoms with Crippen LogP contribution in [-0.4, -0.2) is 11.4 Å². The molecule has 1 aromatic carbocycles. The number of halogens is 1. The maximum atomic E-state index is 10.5. The van der Waals surface area contributed by atoms with Crippen molar-refractivity contribution in [1.29, 1.82) is 0 Å². The Kier molecular flexibility index (Phi) is 2.56. The zero-order chi connectivity index (χ0) is 10.8. The van der Waals surface area contributed by atoms with Crippen molar-refractivity contribution in [3.8, 4) is 11.3 Å². The van der Waals surface area contributed by atoms with Crippen molar-refractivity contribution in [1.82, 2.24) is 5.16 Å². The quantitative estimate of drug-likeness (QED) is 0.732. The molecule has 0 atom stereocenters. The molecule has 15 heavy (non-hydrogen) atoms. The summed E-state index contributed by atoms with van der Waals surface area (Å²) in [5.41, 5.74) is 2.01. The predicted molar refractivity (Wildman–Crippen MR) is 57.1 cm³/mol. The largest absolute Gasteiger partial charge is 0.354 e. The lowest BCUT2D eigenvalue weighted by atomic mass is 10.1. The highest BCUT2D eigenvalue weighted by atomic mass is 35.5. The number of aryl methyl sites for hydroxylation is 1. The van der Waals surface area contributed by atoms with Crippen LogP contribution in [0, 0.1) is 6.92 Å². The Morgan fingerprint density at radius 1 is 1.40 bits per heavy atom. The number of hydrogen-bond donors (Lipinski definition) is 0. The van der Waals surface area contributed by atoms with E-state index in [9.17, 15) is 4.79 Å². The molecule has 0 saturated heterocycles. The van der Waals surface area contributed by atoms with Crippen molar-refractivity contribution >= 4 is 17.9 Å². The van der Waals surface area contributed by atoms with Crippen LogP contribution in [0.15, 0.2) is 28.8 Å². The standard InChI is InChI=1S/C11H8ClNO2/c1-7-4-2-3-5-8(7)11-10(12)9(6-14)13-15-11/h2-6H,1H3. The van der Waals surface area contributed by atoms with Crippen LogP contribution in [-0.2, 0) is 0 Å². The van der Waals surface area contributed by atoms with Gasteiger partial charge in [0.2, 0.25) is 0 Å². The third-order valence-corrected chi connectivity index (χ3v) is 2.53. The van der Waals surface area contributed by atoms with Crippen molar-refractivity contribution in [2.24, 2.45) is 0 Å². The molecular formula is C11H8ClNO2. The molecule has 0 aliphatic heterocycles. The fourth-order valence-corrected chi connectivity index (χ4v) is 1.57. The molecule has 0 N–H and O–H groups in total. The maximum Gasteiger partial charge on any atom is 0.186 e. The molecule has 0 aliphatic carbocycles. The number of rotatable bonds is 2. The van der Waals surface area contributed by atoms with Gasteiger partial charge in [0.15, 0.2) is 17.7 Å². The average molecular weight is 222 g/mol. The van der Waals surface area contributed by atoms with E-state index in [2.05, 4.69) is 5.16 Å². The lowest BCUT2D eigenvalue weighted by Crippen LogP contribution is -1.81. The molecule has 0 saturated carbocycles. The van der Waals surface area contributed by atoms with Crippen molar-refractivity contribution in [2.75, 3.05) is 0 Å². The molecule has 0 bridgehead atoms. The van der Waals surface area contributed by atoms with E-state index in [4.69, 9.17) is 16.1 Å². The Labute approximate surface area is 91.6 Å². The SMILES string of the molecule is Cc1ccccc1-c1onc(C=O)c1Cl. The van der Waals surface area contributed by atoms with Crippen LogP contribution in [0.1, 0.15) is 16.1 Å². The van der Waals surface area contributed by atoms with Gasteiger partial charge in [-0.25, -0.2) is 0 Å². The predicted octanol–water partition coefficient (Wildman–Crippen LogP) is 3.12. The van der Waals surface area contributed by atoms with Gasteiger partial charge in [0.1, 0.15) is 5.02 Å². The summed E-state index contributed by atoms with van der Waals surface area (Å²) in [5.74, 6) is 0.442. The molecule has 1 heterocycles. The first kappa shape index (κ1) is 9.93. The number of benzene rings is 1. The number of carbonyl (C=O) groups is 1. The highest BCUT2D eigenvalue weighted by Crippen LogP contribution is 2.31. The average Bonchev–Trinajstić information content (AvgIpc) is 2.60. The summed E-state index contributed by atoms with van der Waals surface area (Å²) in [4.78, 5) is 10.5. The fraction of sp³-hybridized carbons (Fsp3) is 0.0909. The fourth-order valence-electron chi connectivity index (χ4n) is 1.36. The minimum absolute atomic E-state index is 0.134. The maximum absolute atomic E-state index is 10.5. The highest BCUT2D eigenvalue weighted by Gasteiger charge is 2.16. The second kappa shape index (κ2) is 3.87. The van der Waals surface area contributed by atoms with Gasteiger partial charge < -0.3 is 4.52 Å². The lowest BCUT2D eigenvalue weighted by Gasteiger charge is -2.00. The van der Waals surface area contributed by atoms with E-state index in [0.717, 1.165) is 11.1 Å². The summed E-state index contributed by atoms with van der Waals surface area (Å²) in [5, 5.41) is 3.84. The summed E-state index contributed by atoms with van der Waals surface area (Å²) < 4.78 is 5.04. The minimum atomic E-state index is 0.134. The van der Waals surface area contributed by atoms with E-state index in [1.165, 1.54) is 0 Å². The zero-order valence-corrected chi connectivity index (χ0v) is 8.78. The Hall–Kier alpha value is -1.61. The van der Waals surface area contributed by atoms with E-state index >= 15 is 0 Å². The van der Waals surface area contributed by atoms with Gasteiger partial charge >= 0.3 is 0 Å². The molecule has 0 radical (unpaired) electrons. The van der Waals surface area contributed by atoms with Gasteiger partial charge in [-0.15, -0.1) is 0 Å². The summed E-state index contributed by atoms with van der Waals surface area (Å²) in [6.07, 6.45) is 0.577. The van der Waals surface area contributed by atoms with Gasteiger partial charge in [0, 0.05) is 5.56 Å². The third-order valence-electron chi connectivity index (χ3n) is 2.16. The number of aldehydes is 1. The first-order valence-corrected chi connectivity index (χ1v) is 4.78. The number of aromatic nitrogens is 1. The van der Waals surface area contributed by atoms with Crippen LogP contribution in [0.3, 0.4) is 0 Å². The first-order valence-electron chi connectivity index (χ1n) is 4.40. The van der Waals surface area contributed by atoms with Crippen LogP contribution in [0.2, 0.25) is 5.02 Å². The Bertz CT molecular complexity index is 505. The van der Waals surface area contributed by atoms with Gasteiger partial charge in [-0.1, -0.05) is 41.0 Å². The molecule has 76 valence electrons. The topological polar surface area (TPSA) is 43.1 Å². The van der Waals surface area contributed by atoms with Crippen molar-refractivity contribution in [3.05, 3.63) is 40.5 Å². The lowest BCUT2D eigenvalue weighted by molar-refractivity contribution is 0.111. The molecule has 0 amide bonds. The van der Waals surface area contributed by atoms with Gasteiger partial charge in [-0.2, -0.15) is 0 Å². The number of carbonyl (C=O) groups excluding carboxylic acids is 1. The van der Waals surface area contributed by atoms with Crippen molar-refractivity contribution in [2.45, 2.75) is 6.92 Å². The second-order valence-corrected chi connectivity index (χ2v) is 3.52. The molecule has 1 aromatic heterocycles. The molecule has 0 spiro atoms. The third kappa shape index (κ3) is 1.66. The molecule has 4 heteroatoms. The molecular weight excluding hydrogens is 214 g/mol. The van der Waals surface area contributed by atoms with Crippen LogP contribution in [0.5, 0.6) is 0 Å². The summed E-state index contributed by atoms with van der Waals surface area (Å²) in [7, 11) is 0. The van der Waals surface area contributed by atoms with Crippen molar-refractivity contribution in [3.63, 3.8) is 0 Å². The molecule has 2 aromatic rings. The second-order valence-electron chi connectivity index (χ2n) is 3.14. The summed E-state index contributed by atoms with van der Waals surface area (Å²) in [6, 6.07) is 7.61. The molecule has 0 fully saturated rings. The highest BCUT2D eigenvalue weighted by molar-refractivity contribution is 6.35. The molecule has 0 unspecified atom stereocenters. The zero-order valence-electron chi connectivity index (χ0n) is 8.03. The Morgan fingerprint density at radius 3 is 2.73 bits per heavy atom. The first-order chi connectivity index (χ1) is 7.24. The van der Waals surface area contributed by atoms with Crippen LogP contribution < -0.4 is 0 Å². The minimum Gasteiger partial charge on any atom is -0.354 e. The van der Waals surface area contributed by atoms with Gasteiger partial charge in [0.25, 0.3) is 0 Å². The molecule has 2 rings (SSSR count). The van der Waals surface area contributed by atoms with E-state index < -0.39 is 0 Å². The van der Waals surface area contributed by atoms with E-state index in [1.54, 1.807) is 0 Å². The van der Waals surface area contributed by atoms with E-state index in [1.807, 2.05) is 31.2 Å². The van der Waals surface area contributed by atoms with Gasteiger partial charge in [0.05, 0.1) is 0 Å². The summed E-state index contributed by atoms with van der Waals surface area (Å²) >= 11 is 5.94. The normalized spacial score (nSPS) is 10.3. The monoisotopic (exact) mass is 221 g/mol. The summed E-state index contributed by atoms with van der Waals surface area (Å²) in [6.45, 7) is 1.94. The Balaban J connectivity index is 2.59. The van der Waals surface area contributed by atoms with E-state index in [-0.39, 0.29) is 10.7 Å². The molecule has 3 nitrogen and oxygen atoms in total.